The Morgan fingerprint density at radius 1 is 1.47 bits per heavy atom. The van der Waals surface area contributed by atoms with Gasteiger partial charge >= 0.3 is 0 Å². The molecule has 1 amide bonds. The quantitative estimate of drug-likeness (QED) is 0.693. The summed E-state index contributed by atoms with van der Waals surface area (Å²) in [5.41, 5.74) is 0. The Bertz CT molecular complexity index is 170. The fourth-order valence-corrected chi connectivity index (χ4v) is 1.99. The Balaban J connectivity index is 3.97. The fraction of sp³-hybridized carbons (Fsp3) is 0.909. The van der Waals surface area contributed by atoms with Crippen LogP contribution in [0.3, 0.4) is 0 Å². The summed E-state index contributed by atoms with van der Waals surface area (Å²) in [5.74, 6) is 0.240. The van der Waals surface area contributed by atoms with Gasteiger partial charge in [-0.3, -0.25) is 4.79 Å². The molecule has 3 nitrogen and oxygen atoms in total. The molecule has 0 aromatic rings. The van der Waals surface area contributed by atoms with Crippen LogP contribution < -0.4 is 5.32 Å². The number of carbonyl (C=O) groups excluding carboxylic acids is 1. The average Bonchev–Trinajstić information content (AvgIpc) is 2.18. The lowest BCUT2D eigenvalue weighted by Gasteiger charge is -2.19. The summed E-state index contributed by atoms with van der Waals surface area (Å²) in [6, 6.07) is 0.126. The summed E-state index contributed by atoms with van der Waals surface area (Å²) in [4.78, 5) is 11.7. The molecule has 4 heteroatoms. The molecule has 0 aromatic heterocycles. The Morgan fingerprint density at radius 2 is 2.13 bits per heavy atom. The molecule has 0 spiro atoms. The topological polar surface area (TPSA) is 38.3 Å². The predicted octanol–water partition coefficient (Wildman–Crippen LogP) is 2.34. The molecule has 2 unspecified atom stereocenters. The number of alkyl halides is 1. The Hall–Kier alpha value is -0.0900. The molecule has 0 aliphatic rings. The van der Waals surface area contributed by atoms with Gasteiger partial charge in [-0.1, -0.05) is 36.2 Å². The molecular weight excluding hydrogens is 258 g/mol. The van der Waals surface area contributed by atoms with Crippen molar-refractivity contribution in [1.29, 1.82) is 0 Å². The van der Waals surface area contributed by atoms with E-state index in [0.717, 1.165) is 24.6 Å². The smallest absolute Gasteiger partial charge is 0.223 e. The van der Waals surface area contributed by atoms with Crippen molar-refractivity contribution in [3.05, 3.63) is 0 Å². The maximum atomic E-state index is 11.7. The van der Waals surface area contributed by atoms with Crippen LogP contribution in [0.25, 0.3) is 0 Å². The van der Waals surface area contributed by atoms with Crippen molar-refractivity contribution in [2.45, 2.75) is 39.2 Å². The first-order valence-corrected chi connectivity index (χ1v) is 6.63. The fourth-order valence-electron chi connectivity index (χ4n) is 1.44. The van der Waals surface area contributed by atoms with Crippen LogP contribution in [-0.2, 0) is 9.53 Å². The zero-order chi connectivity index (χ0) is 11.7. The molecule has 0 aliphatic carbocycles. The third kappa shape index (κ3) is 6.90. The molecule has 0 heterocycles. The minimum absolute atomic E-state index is 0.102. The third-order valence-corrected chi connectivity index (χ3v) is 2.80. The van der Waals surface area contributed by atoms with Crippen LogP contribution in [-0.4, -0.2) is 31.0 Å². The van der Waals surface area contributed by atoms with Gasteiger partial charge in [0.05, 0.1) is 12.6 Å². The average molecular weight is 280 g/mol. The molecule has 90 valence electrons. The summed E-state index contributed by atoms with van der Waals surface area (Å²) in [7, 11) is 1.66. The summed E-state index contributed by atoms with van der Waals surface area (Å²) < 4.78 is 5.06. The lowest BCUT2D eigenvalue weighted by Crippen LogP contribution is -2.41. The van der Waals surface area contributed by atoms with Gasteiger partial charge in [0.1, 0.15) is 0 Å². The molecule has 1 N–H and O–H groups in total. The van der Waals surface area contributed by atoms with E-state index in [0.29, 0.717) is 6.61 Å². The first kappa shape index (κ1) is 14.9. The van der Waals surface area contributed by atoms with E-state index in [1.807, 2.05) is 6.92 Å². The van der Waals surface area contributed by atoms with Crippen LogP contribution in [0.15, 0.2) is 0 Å². The second kappa shape index (κ2) is 9.16. The maximum Gasteiger partial charge on any atom is 0.223 e. The summed E-state index contributed by atoms with van der Waals surface area (Å²) in [6.45, 7) is 4.64. The number of nitrogens with one attached hydrogen (secondary N) is 1. The first-order valence-electron chi connectivity index (χ1n) is 5.50. The van der Waals surface area contributed by atoms with E-state index < -0.39 is 0 Å². The lowest BCUT2D eigenvalue weighted by molar-refractivity contribution is -0.125. The number of amides is 1. The van der Waals surface area contributed by atoms with Crippen molar-refractivity contribution in [1.82, 2.24) is 5.32 Å². The minimum atomic E-state index is 0.102. The van der Waals surface area contributed by atoms with E-state index in [4.69, 9.17) is 4.74 Å². The third-order valence-electron chi connectivity index (χ3n) is 2.34. The molecular formula is C11H22BrNO2. The van der Waals surface area contributed by atoms with Gasteiger partial charge in [0, 0.05) is 18.4 Å². The molecule has 0 aliphatic heterocycles. The van der Waals surface area contributed by atoms with Crippen molar-refractivity contribution in [3.8, 4) is 0 Å². The number of halogens is 1. The molecule has 0 fully saturated rings. The second-order valence-electron chi connectivity index (χ2n) is 3.83. The summed E-state index contributed by atoms with van der Waals surface area (Å²) in [5, 5.41) is 3.89. The Kier molecular flexibility index (Phi) is 9.10. The van der Waals surface area contributed by atoms with Gasteiger partial charge in [-0.15, -0.1) is 0 Å². The molecule has 0 radical (unpaired) electrons. The van der Waals surface area contributed by atoms with E-state index in [9.17, 15) is 4.79 Å². The highest BCUT2D eigenvalue weighted by molar-refractivity contribution is 9.09. The lowest BCUT2D eigenvalue weighted by atomic mass is 10.0. The number of carbonyl (C=O) groups is 1. The zero-order valence-electron chi connectivity index (χ0n) is 9.88. The van der Waals surface area contributed by atoms with E-state index in [2.05, 4.69) is 28.2 Å². The first-order chi connectivity index (χ1) is 7.15. The van der Waals surface area contributed by atoms with Crippen molar-refractivity contribution in [2.24, 2.45) is 5.92 Å². The van der Waals surface area contributed by atoms with Crippen molar-refractivity contribution >= 4 is 21.8 Å². The van der Waals surface area contributed by atoms with Crippen molar-refractivity contribution in [2.75, 3.05) is 19.0 Å². The number of methoxy groups -OCH3 is 1. The zero-order valence-corrected chi connectivity index (χ0v) is 11.5. The van der Waals surface area contributed by atoms with Crippen LogP contribution in [0.4, 0.5) is 0 Å². The van der Waals surface area contributed by atoms with Gasteiger partial charge in [0.25, 0.3) is 0 Å². The highest BCUT2D eigenvalue weighted by Gasteiger charge is 2.16. The molecule has 0 rings (SSSR count). The normalized spacial score (nSPS) is 14.7. The number of ether oxygens (including phenoxy) is 1. The maximum absolute atomic E-state index is 11.7. The Labute approximate surface area is 101 Å². The van der Waals surface area contributed by atoms with Crippen LogP contribution in [0, 0.1) is 5.92 Å². The summed E-state index contributed by atoms with van der Waals surface area (Å²) in [6.07, 6.45) is 2.89. The molecule has 0 bridgehead atoms. The van der Waals surface area contributed by atoms with Crippen molar-refractivity contribution < 1.29 is 9.53 Å². The van der Waals surface area contributed by atoms with E-state index >= 15 is 0 Å². The monoisotopic (exact) mass is 279 g/mol. The van der Waals surface area contributed by atoms with E-state index in [-0.39, 0.29) is 17.9 Å². The van der Waals surface area contributed by atoms with Gasteiger partial charge < -0.3 is 10.1 Å². The molecule has 0 saturated carbocycles. The van der Waals surface area contributed by atoms with Crippen LogP contribution >= 0.6 is 15.9 Å². The molecule has 0 saturated heterocycles. The van der Waals surface area contributed by atoms with Crippen LogP contribution in [0.5, 0.6) is 0 Å². The Morgan fingerprint density at radius 3 is 2.60 bits per heavy atom. The van der Waals surface area contributed by atoms with Gasteiger partial charge in [-0.25, -0.2) is 0 Å². The molecule has 2 atom stereocenters. The van der Waals surface area contributed by atoms with E-state index in [1.165, 1.54) is 0 Å². The second-order valence-corrected chi connectivity index (χ2v) is 4.62. The summed E-state index contributed by atoms with van der Waals surface area (Å²) >= 11 is 3.37. The van der Waals surface area contributed by atoms with Gasteiger partial charge in [0.2, 0.25) is 5.91 Å². The molecule has 15 heavy (non-hydrogen) atoms. The minimum Gasteiger partial charge on any atom is -0.383 e. The van der Waals surface area contributed by atoms with Gasteiger partial charge in [-0.05, 0) is 12.8 Å². The highest BCUT2D eigenvalue weighted by atomic mass is 79.9. The largest absolute Gasteiger partial charge is 0.383 e. The van der Waals surface area contributed by atoms with Gasteiger partial charge in [0.15, 0.2) is 0 Å². The van der Waals surface area contributed by atoms with Crippen LogP contribution in [0.2, 0.25) is 0 Å². The van der Waals surface area contributed by atoms with Gasteiger partial charge in [-0.2, -0.15) is 0 Å². The number of hydrogen-bond acceptors (Lipinski definition) is 2. The molecule has 0 aromatic carbocycles. The van der Waals surface area contributed by atoms with Crippen LogP contribution in [0.1, 0.15) is 33.1 Å². The number of rotatable bonds is 8. The highest BCUT2D eigenvalue weighted by Crippen LogP contribution is 2.06. The van der Waals surface area contributed by atoms with Crippen molar-refractivity contribution in [3.63, 3.8) is 0 Å². The predicted molar refractivity (Wildman–Crippen MR) is 66.3 cm³/mol. The number of hydrogen-bond donors (Lipinski definition) is 1. The van der Waals surface area contributed by atoms with E-state index in [1.54, 1.807) is 7.11 Å². The SMILES string of the molecule is CCCC(C)C(=O)NC(CCBr)COC. The standard InChI is InChI=1S/C11H22BrNO2/c1-4-5-9(2)11(14)13-10(6-7-12)8-15-3/h9-10H,4-8H2,1-3H3,(H,13,14).